The van der Waals surface area contributed by atoms with Gasteiger partial charge in [-0.15, -0.1) is 10.1 Å². The maximum absolute atomic E-state index is 12.9. The molecule has 4 amide bonds. The fourth-order valence-electron chi connectivity index (χ4n) is 9.12. The van der Waals surface area contributed by atoms with Gasteiger partial charge >= 0.3 is 11.9 Å². The molecule has 7 rings (SSSR count). The molecule has 0 N–H and O–H groups in total. The van der Waals surface area contributed by atoms with E-state index in [0.717, 1.165) is 47.9 Å². The van der Waals surface area contributed by atoms with Crippen LogP contribution in [0.1, 0.15) is 161 Å². The summed E-state index contributed by atoms with van der Waals surface area (Å²) in [7, 11) is 0. The summed E-state index contributed by atoms with van der Waals surface area (Å²) in [5.41, 5.74) is 9.30. The number of rotatable bonds is 20. The van der Waals surface area contributed by atoms with Crippen molar-refractivity contribution in [2.24, 2.45) is 0 Å². The summed E-state index contributed by atoms with van der Waals surface area (Å²) < 4.78 is 0. The molecule has 2 aliphatic heterocycles. The van der Waals surface area contributed by atoms with E-state index in [9.17, 15) is 28.8 Å². The lowest BCUT2D eigenvalue weighted by Gasteiger charge is -2.33. The standard InChI is InChI=1S/C51H56N2O8/c1-3-5-7-9-11-13-31-51(32-14-12-10-8-6-4-2)43-33-39(35-15-19-37(20-16-35)49(58)60-52-45(54)27-28-46(52)55)23-25-41(43)42-26-24-40(34-44(42)51)36-17-21-38(22-18-36)50(59)61-53-47(56)29-30-48(53)57/h15-26,33-34H,3-14,27-32H2,1-2H3. The third-order valence-corrected chi connectivity index (χ3v) is 12.5. The van der Waals surface area contributed by atoms with Gasteiger partial charge in [-0.3, -0.25) is 19.2 Å². The molecule has 10 heteroatoms. The van der Waals surface area contributed by atoms with Crippen LogP contribution in [0.15, 0.2) is 84.9 Å². The molecule has 318 valence electrons. The predicted molar refractivity (Wildman–Crippen MR) is 233 cm³/mol. The van der Waals surface area contributed by atoms with E-state index in [1.165, 1.54) is 86.5 Å². The lowest BCUT2D eigenvalue weighted by molar-refractivity contribution is -0.173. The molecule has 0 spiro atoms. The first-order valence-corrected chi connectivity index (χ1v) is 22.3. The highest BCUT2D eigenvalue weighted by molar-refractivity contribution is 6.03. The van der Waals surface area contributed by atoms with Crippen molar-refractivity contribution in [3.8, 4) is 33.4 Å². The average molecular weight is 825 g/mol. The number of imide groups is 2. The molecule has 0 saturated carbocycles. The van der Waals surface area contributed by atoms with Crippen molar-refractivity contribution < 1.29 is 38.4 Å². The Morgan fingerprint density at radius 3 is 1.15 bits per heavy atom. The van der Waals surface area contributed by atoms with E-state index in [-0.39, 0.29) is 42.2 Å². The van der Waals surface area contributed by atoms with Gasteiger partial charge in [-0.2, -0.15) is 0 Å². The van der Waals surface area contributed by atoms with Gasteiger partial charge < -0.3 is 9.68 Å². The van der Waals surface area contributed by atoms with Gasteiger partial charge in [0.05, 0.1) is 11.1 Å². The maximum atomic E-state index is 12.9. The van der Waals surface area contributed by atoms with E-state index in [1.54, 1.807) is 24.3 Å². The molecule has 0 bridgehead atoms. The van der Waals surface area contributed by atoms with Gasteiger partial charge in [-0.05, 0) is 93.7 Å². The SMILES string of the molecule is CCCCCCCCC1(CCCCCCCC)c2cc(-c3ccc(C(=O)ON4C(=O)CCC4=O)cc3)ccc2-c2ccc(-c3ccc(C(=O)ON4C(=O)CCC4=O)cc3)cc21. The van der Waals surface area contributed by atoms with Crippen LogP contribution in [0, 0.1) is 0 Å². The van der Waals surface area contributed by atoms with Gasteiger partial charge in [0, 0.05) is 31.1 Å². The Bertz CT molecular complexity index is 2090. The molecule has 4 aromatic carbocycles. The zero-order valence-corrected chi connectivity index (χ0v) is 35.5. The van der Waals surface area contributed by atoms with E-state index in [4.69, 9.17) is 9.68 Å². The summed E-state index contributed by atoms with van der Waals surface area (Å²) in [6.45, 7) is 4.49. The van der Waals surface area contributed by atoms with Crippen LogP contribution >= 0.6 is 0 Å². The van der Waals surface area contributed by atoms with Crippen molar-refractivity contribution in [3.05, 3.63) is 107 Å². The molecule has 10 nitrogen and oxygen atoms in total. The number of amides is 4. The smallest absolute Gasteiger partial charge is 0.325 e. The van der Waals surface area contributed by atoms with Gasteiger partial charge in [0.25, 0.3) is 23.6 Å². The minimum Gasteiger partial charge on any atom is -0.325 e. The van der Waals surface area contributed by atoms with Crippen LogP contribution in [0.5, 0.6) is 0 Å². The molecule has 3 aliphatic rings. The highest BCUT2D eigenvalue weighted by atomic mass is 16.7. The number of benzene rings is 4. The Balaban J connectivity index is 1.21. The van der Waals surface area contributed by atoms with Crippen LogP contribution in [0.4, 0.5) is 0 Å². The zero-order valence-electron chi connectivity index (χ0n) is 35.5. The summed E-state index contributed by atoms with van der Waals surface area (Å²) in [5.74, 6) is -3.57. The highest BCUT2D eigenvalue weighted by Gasteiger charge is 2.43. The quantitative estimate of drug-likeness (QED) is 0.0636. The van der Waals surface area contributed by atoms with Crippen LogP contribution in [-0.4, -0.2) is 45.7 Å². The molecular formula is C51H56N2O8. The summed E-state index contributed by atoms with van der Waals surface area (Å²) in [4.78, 5) is 84.4. The average Bonchev–Trinajstić information content (AvgIpc) is 3.87. The van der Waals surface area contributed by atoms with Crippen LogP contribution in [-0.2, 0) is 34.3 Å². The first kappa shape index (κ1) is 43.2. The molecule has 4 aromatic rings. The first-order chi connectivity index (χ1) is 29.6. The van der Waals surface area contributed by atoms with Crippen molar-refractivity contribution in [1.29, 1.82) is 0 Å². The van der Waals surface area contributed by atoms with E-state index in [2.05, 4.69) is 50.2 Å². The second-order valence-electron chi connectivity index (χ2n) is 16.7. The second-order valence-corrected chi connectivity index (χ2v) is 16.7. The number of carbonyl (C=O) groups excluding carboxylic acids is 6. The Hall–Kier alpha value is -5.90. The zero-order chi connectivity index (χ0) is 42.9. The summed E-state index contributed by atoms with van der Waals surface area (Å²) >= 11 is 0. The Morgan fingerprint density at radius 2 is 0.787 bits per heavy atom. The molecule has 61 heavy (non-hydrogen) atoms. The van der Waals surface area contributed by atoms with Crippen molar-refractivity contribution in [3.63, 3.8) is 0 Å². The highest BCUT2D eigenvalue weighted by Crippen LogP contribution is 2.56. The summed E-state index contributed by atoms with van der Waals surface area (Å²) in [6.07, 6.45) is 16.5. The normalized spacial score (nSPS) is 15.4. The molecule has 0 radical (unpaired) electrons. The van der Waals surface area contributed by atoms with E-state index < -0.39 is 35.6 Å². The number of carbonyl (C=O) groups is 6. The number of hydrogen-bond acceptors (Lipinski definition) is 8. The molecule has 2 fully saturated rings. The van der Waals surface area contributed by atoms with Crippen LogP contribution in [0.3, 0.4) is 0 Å². The first-order valence-electron chi connectivity index (χ1n) is 22.3. The largest absolute Gasteiger partial charge is 0.363 e. The number of hydrogen-bond donors (Lipinski definition) is 0. The maximum Gasteiger partial charge on any atom is 0.363 e. The second kappa shape index (κ2) is 19.7. The monoisotopic (exact) mass is 824 g/mol. The van der Waals surface area contributed by atoms with Crippen molar-refractivity contribution in [2.75, 3.05) is 0 Å². The van der Waals surface area contributed by atoms with Crippen molar-refractivity contribution in [1.82, 2.24) is 10.1 Å². The fourth-order valence-corrected chi connectivity index (χ4v) is 9.12. The van der Waals surface area contributed by atoms with Crippen LogP contribution in [0.25, 0.3) is 33.4 Å². The lowest BCUT2D eigenvalue weighted by Crippen LogP contribution is -2.32. The number of nitrogens with zero attached hydrogens (tertiary/aromatic N) is 2. The number of unbranched alkanes of at least 4 members (excludes halogenated alkanes) is 10. The molecule has 2 saturated heterocycles. The minimum absolute atomic E-state index is 0.0353. The molecule has 0 atom stereocenters. The molecule has 2 heterocycles. The molecule has 1 aliphatic carbocycles. The van der Waals surface area contributed by atoms with Crippen molar-refractivity contribution >= 4 is 35.6 Å². The predicted octanol–water partition coefficient (Wildman–Crippen LogP) is 11.2. The third-order valence-electron chi connectivity index (χ3n) is 12.5. The number of hydroxylamine groups is 4. The Labute approximate surface area is 358 Å². The molecule has 0 aromatic heterocycles. The molecule has 0 unspecified atom stereocenters. The Kier molecular flexibility index (Phi) is 13.9. The van der Waals surface area contributed by atoms with E-state index >= 15 is 0 Å². The third kappa shape index (κ3) is 9.54. The summed E-state index contributed by atoms with van der Waals surface area (Å²) in [5, 5.41) is 1.14. The fraction of sp³-hybridized carbons (Fsp3) is 0.412. The van der Waals surface area contributed by atoms with Gasteiger partial charge in [0.1, 0.15) is 0 Å². The van der Waals surface area contributed by atoms with E-state index in [1.807, 2.05) is 24.3 Å². The van der Waals surface area contributed by atoms with Gasteiger partial charge in [0.2, 0.25) is 0 Å². The van der Waals surface area contributed by atoms with Crippen LogP contribution in [0.2, 0.25) is 0 Å². The van der Waals surface area contributed by atoms with Crippen molar-refractivity contribution in [2.45, 2.75) is 135 Å². The molecular weight excluding hydrogens is 769 g/mol. The van der Waals surface area contributed by atoms with Gasteiger partial charge in [-0.25, -0.2) is 9.59 Å². The van der Waals surface area contributed by atoms with Gasteiger partial charge in [-0.1, -0.05) is 139 Å². The Morgan fingerprint density at radius 1 is 0.459 bits per heavy atom. The number of fused-ring (bicyclic) bond motifs is 3. The van der Waals surface area contributed by atoms with Gasteiger partial charge in [0.15, 0.2) is 0 Å². The topological polar surface area (TPSA) is 127 Å². The minimum atomic E-state index is -0.753. The summed E-state index contributed by atoms with van der Waals surface area (Å²) in [6, 6.07) is 27.7. The lowest BCUT2D eigenvalue weighted by atomic mass is 9.70. The van der Waals surface area contributed by atoms with Crippen LogP contribution < -0.4 is 0 Å². The van der Waals surface area contributed by atoms with E-state index in [0.29, 0.717) is 10.1 Å².